The molecule has 1 atom stereocenters. The minimum absolute atomic E-state index is 0.0650. The van der Waals surface area contributed by atoms with Gasteiger partial charge in [-0.15, -0.1) is 0 Å². The summed E-state index contributed by atoms with van der Waals surface area (Å²) in [6, 6.07) is 4.16. The van der Waals surface area contributed by atoms with Crippen molar-refractivity contribution in [1.82, 2.24) is 24.7 Å². The summed E-state index contributed by atoms with van der Waals surface area (Å²) in [5.41, 5.74) is 1.93. The Kier molecular flexibility index (Phi) is 7.32. The summed E-state index contributed by atoms with van der Waals surface area (Å²) < 4.78 is 61.8. The quantitative estimate of drug-likeness (QED) is 0.218. The van der Waals surface area contributed by atoms with Crippen LogP contribution in [0.3, 0.4) is 0 Å². The van der Waals surface area contributed by atoms with Crippen LogP contribution < -0.4 is 9.64 Å². The molecule has 9 nitrogen and oxygen atoms in total. The van der Waals surface area contributed by atoms with Crippen LogP contribution >= 0.6 is 0 Å². The van der Waals surface area contributed by atoms with E-state index in [-0.39, 0.29) is 22.7 Å². The zero-order valence-corrected chi connectivity index (χ0v) is 20.2. The summed E-state index contributed by atoms with van der Waals surface area (Å²) in [5.74, 6) is -0.309. The molecular formula is C24H23F4N7O2. The summed E-state index contributed by atoms with van der Waals surface area (Å²) in [7, 11) is 3.14. The molecule has 13 heteroatoms. The highest BCUT2D eigenvalue weighted by Crippen LogP contribution is 2.35. The normalized spacial score (nSPS) is 12.5. The Labute approximate surface area is 209 Å². The van der Waals surface area contributed by atoms with E-state index in [2.05, 4.69) is 25.2 Å². The summed E-state index contributed by atoms with van der Waals surface area (Å²) in [5, 5.41) is 6.77. The van der Waals surface area contributed by atoms with Crippen LogP contribution in [0, 0.1) is 10.7 Å². The van der Waals surface area contributed by atoms with Gasteiger partial charge in [-0.25, -0.2) is 14.4 Å². The highest BCUT2D eigenvalue weighted by Gasteiger charge is 2.35. The van der Waals surface area contributed by atoms with E-state index < -0.39 is 31.0 Å². The van der Waals surface area contributed by atoms with Crippen molar-refractivity contribution in [2.75, 3.05) is 18.6 Å². The third kappa shape index (κ3) is 5.81. The van der Waals surface area contributed by atoms with Crippen molar-refractivity contribution in [3.8, 4) is 17.0 Å². The summed E-state index contributed by atoms with van der Waals surface area (Å²) in [6.45, 7) is 1.15. The molecule has 3 heterocycles. The fourth-order valence-corrected chi connectivity index (χ4v) is 3.87. The number of methoxy groups -OCH3 is 1. The zero-order chi connectivity index (χ0) is 26.7. The van der Waals surface area contributed by atoms with Crippen molar-refractivity contribution < 1.29 is 22.3 Å². The lowest BCUT2D eigenvalue weighted by molar-refractivity contribution is -0.137. The molecule has 0 spiro atoms. The summed E-state index contributed by atoms with van der Waals surface area (Å²) >= 11 is 0. The number of alkyl halides is 3. The van der Waals surface area contributed by atoms with Gasteiger partial charge >= 0.3 is 6.18 Å². The first-order valence-corrected chi connectivity index (χ1v) is 11.3. The highest BCUT2D eigenvalue weighted by molar-refractivity contribution is 5.77. The fraction of sp³-hybridized carbons (Fsp3) is 0.333. The van der Waals surface area contributed by atoms with E-state index >= 15 is 4.39 Å². The number of rotatable bonds is 9. The number of halogens is 4. The molecule has 1 aromatic carbocycles. The fourth-order valence-electron chi connectivity index (χ4n) is 3.87. The first kappa shape index (κ1) is 25.9. The number of aromatic nitrogens is 5. The topological polar surface area (TPSA) is 98.4 Å². The lowest BCUT2D eigenvalue weighted by atomic mass is 10.1. The average Bonchev–Trinajstić information content (AvgIpc) is 3.31. The lowest BCUT2D eigenvalue weighted by Gasteiger charge is -2.28. The number of hydrogen-bond acceptors (Lipinski definition) is 8. The third-order valence-electron chi connectivity index (χ3n) is 5.69. The summed E-state index contributed by atoms with van der Waals surface area (Å²) in [6.07, 6.45) is -0.941. The summed E-state index contributed by atoms with van der Waals surface area (Å²) in [4.78, 5) is 25.9. The van der Waals surface area contributed by atoms with E-state index in [4.69, 9.17) is 4.74 Å². The Morgan fingerprint density at radius 2 is 1.97 bits per heavy atom. The van der Waals surface area contributed by atoms with E-state index in [1.165, 1.54) is 30.2 Å². The molecule has 0 N–H and O–H groups in total. The van der Waals surface area contributed by atoms with Gasteiger partial charge in [-0.1, -0.05) is 12.1 Å². The second-order valence-electron chi connectivity index (χ2n) is 8.33. The van der Waals surface area contributed by atoms with Crippen molar-refractivity contribution in [2.24, 2.45) is 12.2 Å². The number of nitroso groups, excluding NO2 is 1. The highest BCUT2D eigenvalue weighted by atomic mass is 19.4. The smallest absolute Gasteiger partial charge is 0.391 e. The standard InChI is InChI=1S/C24H23F4N7O2/c1-4-14-7-17(37-3)8-20(22(14)25)35(13-16(33-36)9-24(26,27)28)21-6-5-18-23(32-21)31-19(11-29-18)15-10-30-34(2)12-15/h5-8,10-12,16H,4,9,13H2,1-3H3. The Morgan fingerprint density at radius 1 is 1.19 bits per heavy atom. The van der Waals surface area contributed by atoms with E-state index in [0.29, 0.717) is 28.9 Å². The Morgan fingerprint density at radius 3 is 2.59 bits per heavy atom. The number of nitrogens with zero attached hydrogens (tertiary/aromatic N) is 7. The molecule has 4 rings (SSSR count). The number of hydrogen-bond donors (Lipinski definition) is 0. The van der Waals surface area contributed by atoms with Crippen LogP contribution in [-0.2, 0) is 13.5 Å². The predicted octanol–water partition coefficient (Wildman–Crippen LogP) is 5.36. The number of benzene rings is 1. The van der Waals surface area contributed by atoms with Crippen LogP contribution in [0.25, 0.3) is 22.4 Å². The minimum atomic E-state index is -4.65. The van der Waals surface area contributed by atoms with Gasteiger partial charge in [0.2, 0.25) is 0 Å². The molecule has 1 unspecified atom stereocenters. The molecule has 4 aromatic rings. The molecule has 0 aliphatic carbocycles. The molecule has 194 valence electrons. The van der Waals surface area contributed by atoms with Gasteiger partial charge in [0.25, 0.3) is 0 Å². The molecule has 0 aliphatic rings. The largest absolute Gasteiger partial charge is 0.497 e. The number of anilines is 2. The van der Waals surface area contributed by atoms with Crippen molar-refractivity contribution in [1.29, 1.82) is 0 Å². The molecule has 0 radical (unpaired) electrons. The number of fused-ring (bicyclic) bond motifs is 1. The second-order valence-corrected chi connectivity index (χ2v) is 8.33. The van der Waals surface area contributed by atoms with E-state index in [9.17, 15) is 18.1 Å². The van der Waals surface area contributed by atoms with Gasteiger partial charge in [0.05, 0.1) is 43.9 Å². The van der Waals surface area contributed by atoms with Crippen molar-refractivity contribution in [3.05, 3.63) is 59.1 Å². The van der Waals surface area contributed by atoms with Crippen LogP contribution in [0.1, 0.15) is 18.9 Å². The molecule has 0 saturated heterocycles. The second kappa shape index (κ2) is 10.4. The molecule has 0 aliphatic heterocycles. The van der Waals surface area contributed by atoms with Crippen LogP contribution in [0.5, 0.6) is 5.75 Å². The van der Waals surface area contributed by atoms with Crippen LogP contribution in [0.4, 0.5) is 29.1 Å². The van der Waals surface area contributed by atoms with Gasteiger partial charge in [0.15, 0.2) is 5.65 Å². The molecule has 0 saturated carbocycles. The van der Waals surface area contributed by atoms with Gasteiger partial charge in [-0.2, -0.15) is 23.2 Å². The molecule has 0 fully saturated rings. The Balaban J connectivity index is 1.85. The Hall–Kier alpha value is -4.16. The number of ether oxygens (including phenoxy) is 1. The van der Waals surface area contributed by atoms with Gasteiger partial charge < -0.3 is 9.64 Å². The predicted molar refractivity (Wildman–Crippen MR) is 129 cm³/mol. The van der Waals surface area contributed by atoms with Crippen molar-refractivity contribution in [3.63, 3.8) is 0 Å². The van der Waals surface area contributed by atoms with Crippen LogP contribution in [0.2, 0.25) is 0 Å². The van der Waals surface area contributed by atoms with E-state index in [1.54, 1.807) is 43.3 Å². The molecule has 3 aromatic heterocycles. The first-order valence-electron chi connectivity index (χ1n) is 11.3. The number of pyridine rings is 1. The van der Waals surface area contributed by atoms with E-state index in [0.717, 1.165) is 0 Å². The molecule has 0 bridgehead atoms. The van der Waals surface area contributed by atoms with Gasteiger partial charge in [0, 0.05) is 24.9 Å². The van der Waals surface area contributed by atoms with Crippen LogP contribution in [-0.4, -0.2) is 50.6 Å². The lowest BCUT2D eigenvalue weighted by Crippen LogP contribution is -2.32. The first-order chi connectivity index (χ1) is 17.6. The van der Waals surface area contributed by atoms with Crippen molar-refractivity contribution >= 4 is 22.7 Å². The van der Waals surface area contributed by atoms with Crippen LogP contribution in [0.15, 0.2) is 48.0 Å². The molecular weight excluding hydrogens is 494 g/mol. The van der Waals surface area contributed by atoms with Gasteiger partial charge in [-0.05, 0) is 30.2 Å². The maximum absolute atomic E-state index is 15.5. The van der Waals surface area contributed by atoms with Gasteiger partial charge in [0.1, 0.15) is 28.9 Å². The minimum Gasteiger partial charge on any atom is -0.497 e. The maximum Gasteiger partial charge on any atom is 0.391 e. The zero-order valence-electron chi connectivity index (χ0n) is 20.2. The Bertz CT molecular complexity index is 1420. The monoisotopic (exact) mass is 517 g/mol. The molecule has 37 heavy (non-hydrogen) atoms. The van der Waals surface area contributed by atoms with E-state index in [1.807, 2.05) is 0 Å². The molecule has 0 amide bonds. The maximum atomic E-state index is 15.5. The van der Waals surface area contributed by atoms with Gasteiger partial charge in [-0.3, -0.25) is 9.67 Å². The van der Waals surface area contributed by atoms with Crippen molar-refractivity contribution in [2.45, 2.75) is 32.0 Å². The third-order valence-corrected chi connectivity index (χ3v) is 5.69. The SMILES string of the molecule is CCc1cc(OC)cc(N(CC(CC(F)(F)F)N=O)c2ccc3ncc(-c4cnn(C)c4)nc3n2)c1F. The average molecular weight is 517 g/mol. The number of aryl methyl sites for hydroxylation is 2.